The van der Waals surface area contributed by atoms with Crippen molar-refractivity contribution < 1.29 is 0 Å². The van der Waals surface area contributed by atoms with Gasteiger partial charge in [0.05, 0.1) is 44.7 Å². The van der Waals surface area contributed by atoms with Crippen molar-refractivity contribution in [3.05, 3.63) is 474 Å². The van der Waals surface area contributed by atoms with Crippen molar-refractivity contribution in [2.24, 2.45) is 0 Å². The number of nitrogens with zero attached hydrogens (tertiary/aromatic N) is 6. The van der Waals surface area contributed by atoms with Gasteiger partial charge in [-0.25, -0.2) is 15.0 Å². The topological polar surface area (TPSA) is 77.3 Å². The molecule has 6 nitrogen and oxygen atoms in total. The summed E-state index contributed by atoms with van der Waals surface area (Å²) >= 11 is 0. The van der Waals surface area contributed by atoms with Gasteiger partial charge in [0.15, 0.2) is 0 Å². The second-order valence-electron chi connectivity index (χ2n) is 32.0. The van der Waals surface area contributed by atoms with Gasteiger partial charge in [-0.1, -0.05) is 370 Å². The summed E-state index contributed by atoms with van der Waals surface area (Å²) < 4.78 is 0. The van der Waals surface area contributed by atoms with Gasteiger partial charge in [-0.3, -0.25) is 15.0 Å². The number of para-hydroxylation sites is 2. The Morgan fingerprint density at radius 2 is 0.484 bits per heavy atom. The molecule has 0 N–H and O–H groups in total. The summed E-state index contributed by atoms with van der Waals surface area (Å²) in [6.07, 6.45) is 7.61. The zero-order valence-electron chi connectivity index (χ0n) is 68.7. The molecule has 0 fully saturated rings. The fraction of sp³-hybridized carbons (Fsp3) is 0. The molecular formula is C120H78N6. The number of rotatable bonds is 12. The highest BCUT2D eigenvalue weighted by molar-refractivity contribution is 6.17. The average Bonchev–Trinajstić information content (AvgIpc) is 0.760. The predicted octanol–water partition coefficient (Wildman–Crippen LogP) is 31.8. The van der Waals surface area contributed by atoms with Crippen LogP contribution in [0.5, 0.6) is 0 Å². The number of pyridine rings is 6. The Balaban J connectivity index is 0.000000112. The van der Waals surface area contributed by atoms with Gasteiger partial charge in [-0.2, -0.15) is 0 Å². The summed E-state index contributed by atoms with van der Waals surface area (Å²) in [5, 5.41) is 15.6. The first-order valence-corrected chi connectivity index (χ1v) is 42.7. The van der Waals surface area contributed by atoms with E-state index in [1.54, 1.807) is 0 Å². The van der Waals surface area contributed by atoms with Crippen LogP contribution in [-0.2, 0) is 0 Å². The van der Waals surface area contributed by atoms with E-state index in [-0.39, 0.29) is 0 Å². The summed E-state index contributed by atoms with van der Waals surface area (Å²) in [5.41, 5.74) is 32.4. The van der Waals surface area contributed by atoms with Crippen molar-refractivity contribution in [2.45, 2.75) is 0 Å². The number of benzene rings is 18. The van der Waals surface area contributed by atoms with E-state index < -0.39 is 0 Å². The van der Waals surface area contributed by atoms with Gasteiger partial charge in [0.25, 0.3) is 0 Å². The first kappa shape index (κ1) is 75.4. The molecule has 0 bridgehead atoms. The van der Waals surface area contributed by atoms with Gasteiger partial charge in [0.1, 0.15) is 0 Å². The van der Waals surface area contributed by atoms with Crippen LogP contribution in [0.3, 0.4) is 0 Å². The van der Waals surface area contributed by atoms with Gasteiger partial charge < -0.3 is 0 Å². The zero-order chi connectivity index (χ0) is 83.6. The quantitative estimate of drug-likeness (QED) is 0.113. The minimum atomic E-state index is 0.969. The van der Waals surface area contributed by atoms with E-state index in [1.807, 2.05) is 43.0 Å². The van der Waals surface area contributed by atoms with Crippen LogP contribution in [0.25, 0.3) is 232 Å². The first-order chi connectivity index (χ1) is 62.4. The highest BCUT2D eigenvalue weighted by atomic mass is 14.7. The van der Waals surface area contributed by atoms with Gasteiger partial charge in [-0.15, -0.1) is 0 Å². The van der Waals surface area contributed by atoms with E-state index in [0.717, 1.165) is 106 Å². The molecule has 24 rings (SSSR count). The minimum Gasteiger partial charge on any atom is -0.264 e. The van der Waals surface area contributed by atoms with E-state index in [2.05, 4.69) is 446 Å². The lowest BCUT2D eigenvalue weighted by molar-refractivity contribution is 1.36. The average molecular weight is 1600 g/mol. The molecule has 6 aromatic heterocycles. The van der Waals surface area contributed by atoms with Crippen molar-refractivity contribution >= 4 is 97.6 Å². The molecule has 588 valence electrons. The maximum Gasteiger partial charge on any atom is 0.0780 e. The molecule has 0 aliphatic carbocycles. The Morgan fingerprint density at radius 1 is 0.151 bits per heavy atom. The molecule has 126 heavy (non-hydrogen) atoms. The second kappa shape index (κ2) is 33.3. The molecule has 24 aromatic rings. The van der Waals surface area contributed by atoms with Crippen LogP contribution in [0.4, 0.5) is 0 Å². The molecule has 0 aliphatic heterocycles. The maximum absolute atomic E-state index is 5.19. The Hall–Kier alpha value is -16.8. The van der Waals surface area contributed by atoms with Crippen LogP contribution in [0.2, 0.25) is 0 Å². The van der Waals surface area contributed by atoms with Crippen LogP contribution in [0.15, 0.2) is 474 Å². The third-order valence-corrected chi connectivity index (χ3v) is 24.3. The van der Waals surface area contributed by atoms with Crippen LogP contribution in [-0.4, -0.2) is 29.9 Å². The predicted molar refractivity (Wildman–Crippen MR) is 529 cm³/mol. The third-order valence-electron chi connectivity index (χ3n) is 24.3. The van der Waals surface area contributed by atoms with Crippen LogP contribution < -0.4 is 0 Å². The van der Waals surface area contributed by atoms with Crippen molar-refractivity contribution in [2.75, 3.05) is 0 Å². The smallest absolute Gasteiger partial charge is 0.0780 e. The highest BCUT2D eigenvalue weighted by Crippen LogP contribution is 2.44. The van der Waals surface area contributed by atoms with Crippen LogP contribution in [0, 0.1) is 0 Å². The molecule has 0 spiro atoms. The summed E-state index contributed by atoms with van der Waals surface area (Å²) in [6.45, 7) is 0. The van der Waals surface area contributed by atoms with E-state index >= 15 is 0 Å². The number of hydrogen-bond donors (Lipinski definition) is 0. The molecule has 0 amide bonds. The largest absolute Gasteiger partial charge is 0.264 e. The second-order valence-corrected chi connectivity index (χ2v) is 32.0. The van der Waals surface area contributed by atoms with E-state index in [4.69, 9.17) is 15.0 Å². The summed E-state index contributed by atoms with van der Waals surface area (Å²) in [4.78, 5) is 29.2. The van der Waals surface area contributed by atoms with Crippen molar-refractivity contribution in [3.8, 4) is 134 Å². The van der Waals surface area contributed by atoms with E-state index in [9.17, 15) is 0 Å². The maximum atomic E-state index is 5.19. The van der Waals surface area contributed by atoms with E-state index in [1.165, 1.54) is 126 Å². The SMILES string of the molecule is c1ccc(-c2cc(-c3cccc(-c4ccc(-c5cccc6cccnc56)cc4)c3)nc3ccc4ccccc4c23)cc1.c1ccc(-c2cc(-c3cccc(-c4ccc(-c5cccc6ccncc56)cc4)c3)nc3ccc4ccccc4c23)cc1.c1ccc(-c2cc(-c3cccc(-c4ccc(-c5cnc6ccccc6c5)cc4)c3)nc3ccc4ccccc4c23)cc1. The molecular weight excluding hydrogens is 1530 g/mol. The zero-order valence-corrected chi connectivity index (χ0v) is 68.7. The fourth-order valence-corrected chi connectivity index (χ4v) is 18.0. The molecule has 0 radical (unpaired) electrons. The molecule has 0 atom stereocenters. The monoisotopic (exact) mass is 1600 g/mol. The standard InChI is InChI=1S/3C40H26N2/c1-2-9-29(10-3-1)36-25-39(42-38-22-21-30-11-4-6-15-35(30)40(36)38)33-14-8-13-31(23-33)27-17-19-28(20-18-27)34-24-32-12-5-7-16-37(32)41-26-34;1-2-9-28(10-3-1)36-26-38(42-37-23-22-29-11-4-5-16-34(29)39(36)37)33-14-6-13-32(25-33)27-18-20-30(21-19-27)35-17-7-12-31-15-8-24-41-40(31)35;1-2-8-28(9-3-1)36-25-39(42-38-21-20-29-10-4-5-14-35(29)40(36)38)33-13-6-12-32(24-33)27-16-18-31(19-17-27)34-15-7-11-30-22-23-41-26-37(30)34/h3*1-26H. The van der Waals surface area contributed by atoms with Gasteiger partial charge in [0, 0.05) is 84.9 Å². The fourth-order valence-electron chi connectivity index (χ4n) is 18.0. The number of aromatic nitrogens is 6. The minimum absolute atomic E-state index is 0.969. The molecule has 18 aromatic carbocycles. The molecule has 6 heteroatoms. The van der Waals surface area contributed by atoms with Gasteiger partial charge >= 0.3 is 0 Å². The van der Waals surface area contributed by atoms with Gasteiger partial charge in [0.2, 0.25) is 0 Å². The lowest BCUT2D eigenvalue weighted by Crippen LogP contribution is -1.92. The third kappa shape index (κ3) is 14.9. The molecule has 0 aliphatic rings. The number of hydrogen-bond acceptors (Lipinski definition) is 6. The Kier molecular flexibility index (Phi) is 19.9. The first-order valence-electron chi connectivity index (χ1n) is 42.7. The Morgan fingerprint density at radius 3 is 0.944 bits per heavy atom. The lowest BCUT2D eigenvalue weighted by Gasteiger charge is -2.14. The van der Waals surface area contributed by atoms with Crippen molar-refractivity contribution in [1.82, 2.24) is 29.9 Å². The van der Waals surface area contributed by atoms with E-state index in [0.29, 0.717) is 0 Å². The Bertz CT molecular complexity index is 7900. The van der Waals surface area contributed by atoms with Gasteiger partial charge in [-0.05, 0) is 206 Å². The molecule has 0 unspecified atom stereocenters. The highest BCUT2D eigenvalue weighted by Gasteiger charge is 2.20. The molecule has 0 saturated heterocycles. The lowest BCUT2D eigenvalue weighted by atomic mass is 9.93. The summed E-state index contributed by atoms with van der Waals surface area (Å²) in [6, 6.07) is 159. The van der Waals surface area contributed by atoms with Crippen LogP contribution >= 0.6 is 0 Å². The summed E-state index contributed by atoms with van der Waals surface area (Å²) in [5.74, 6) is 0. The van der Waals surface area contributed by atoms with Crippen LogP contribution in [0.1, 0.15) is 0 Å². The molecule has 0 saturated carbocycles. The van der Waals surface area contributed by atoms with Crippen molar-refractivity contribution in [3.63, 3.8) is 0 Å². The molecule has 6 heterocycles. The normalized spacial score (nSPS) is 11.3. The Labute approximate surface area is 730 Å². The van der Waals surface area contributed by atoms with Crippen molar-refractivity contribution in [1.29, 1.82) is 0 Å². The number of fused-ring (bicyclic) bond motifs is 12. The summed E-state index contributed by atoms with van der Waals surface area (Å²) in [7, 11) is 0.